The minimum absolute atomic E-state index is 0.244. The molecule has 1 rings (SSSR count). The van der Waals surface area contributed by atoms with Crippen molar-refractivity contribution in [1.82, 2.24) is 4.90 Å². The Hall–Kier alpha value is -0.570. The Morgan fingerprint density at radius 2 is 2.38 bits per heavy atom. The molecule has 0 N–H and O–H groups in total. The van der Waals surface area contributed by atoms with E-state index in [1.807, 2.05) is 13.8 Å². The average molecular weight is 205 g/mol. The molecule has 0 aromatic heterocycles. The fourth-order valence-corrected chi connectivity index (χ4v) is 1.69. The van der Waals surface area contributed by atoms with Crippen molar-refractivity contribution in [1.29, 1.82) is 0 Å². The Labute approximate surface area is 83.1 Å². The summed E-state index contributed by atoms with van der Waals surface area (Å²) in [5.74, 6) is 0.244. The van der Waals surface area contributed by atoms with E-state index in [0.29, 0.717) is 5.16 Å². The maximum absolute atomic E-state index is 13.2. The van der Waals surface area contributed by atoms with Gasteiger partial charge < -0.3 is 4.90 Å². The first-order valence-electron chi connectivity index (χ1n) is 4.38. The molecule has 0 aliphatic carbocycles. The molecule has 0 bridgehead atoms. The highest BCUT2D eigenvalue weighted by Crippen LogP contribution is 2.28. The predicted molar refractivity (Wildman–Crippen MR) is 53.5 cm³/mol. The molecule has 0 spiro atoms. The van der Waals surface area contributed by atoms with Crippen molar-refractivity contribution in [3.63, 3.8) is 0 Å². The van der Waals surface area contributed by atoms with E-state index in [0.717, 1.165) is 12.1 Å². The summed E-state index contributed by atoms with van der Waals surface area (Å²) < 4.78 is 13.2. The second-order valence-electron chi connectivity index (χ2n) is 3.25. The minimum Gasteiger partial charge on any atom is -0.341 e. The van der Waals surface area contributed by atoms with Gasteiger partial charge in [-0.25, -0.2) is 9.38 Å². The molecule has 0 aromatic carbocycles. The highest BCUT2D eigenvalue weighted by atomic mass is 35.5. The topological polar surface area (TPSA) is 15.6 Å². The number of rotatable bonds is 2. The normalized spacial score (nSPS) is 25.3. The van der Waals surface area contributed by atoms with Gasteiger partial charge in [-0.2, -0.15) is 0 Å². The van der Waals surface area contributed by atoms with Crippen LogP contribution in [0, 0.1) is 5.92 Å². The van der Waals surface area contributed by atoms with E-state index >= 15 is 0 Å². The molecule has 2 unspecified atom stereocenters. The van der Waals surface area contributed by atoms with E-state index in [4.69, 9.17) is 11.6 Å². The summed E-state index contributed by atoms with van der Waals surface area (Å²) >= 11 is 5.89. The molecule has 2 nitrogen and oxygen atoms in total. The number of hydrogen-bond donors (Lipinski definition) is 0. The van der Waals surface area contributed by atoms with Crippen LogP contribution in [0.5, 0.6) is 0 Å². The molecule has 1 aliphatic heterocycles. The number of nitrogens with zero attached hydrogens (tertiary/aromatic N) is 2. The summed E-state index contributed by atoms with van der Waals surface area (Å²) in [6.45, 7) is 4.06. The highest BCUT2D eigenvalue weighted by molar-refractivity contribution is 6.30. The van der Waals surface area contributed by atoms with Crippen molar-refractivity contribution in [2.75, 3.05) is 7.05 Å². The van der Waals surface area contributed by atoms with Crippen molar-refractivity contribution >= 4 is 17.8 Å². The predicted octanol–water partition coefficient (Wildman–Crippen LogP) is 2.75. The zero-order valence-corrected chi connectivity index (χ0v) is 8.85. The van der Waals surface area contributed by atoms with Gasteiger partial charge in [-0.3, -0.25) is 0 Å². The Bertz CT molecular complexity index is 250. The largest absolute Gasteiger partial charge is 0.341 e. The lowest BCUT2D eigenvalue weighted by Gasteiger charge is -2.30. The van der Waals surface area contributed by atoms with E-state index in [9.17, 15) is 4.39 Å². The number of allylic oxidation sites excluding steroid dienone is 1. The quantitative estimate of drug-likeness (QED) is 0.632. The van der Waals surface area contributed by atoms with Gasteiger partial charge in [0.2, 0.25) is 6.30 Å². The highest BCUT2D eigenvalue weighted by Gasteiger charge is 2.24. The third kappa shape index (κ3) is 2.02. The Morgan fingerprint density at radius 3 is 2.92 bits per heavy atom. The van der Waals surface area contributed by atoms with Crippen LogP contribution in [-0.4, -0.2) is 24.5 Å². The van der Waals surface area contributed by atoms with Crippen LogP contribution in [0.25, 0.3) is 0 Å². The lowest BCUT2D eigenvalue weighted by atomic mass is 10.0. The molecule has 0 saturated carbocycles. The molecule has 1 heterocycles. The molecule has 0 fully saturated rings. The van der Waals surface area contributed by atoms with Crippen LogP contribution in [0.15, 0.2) is 15.8 Å². The fraction of sp³-hybridized carbons (Fsp3) is 0.667. The summed E-state index contributed by atoms with van der Waals surface area (Å²) in [5, 5.41) is 0.408. The molecular weight excluding hydrogens is 191 g/mol. The van der Waals surface area contributed by atoms with Gasteiger partial charge in [0.05, 0.1) is 11.9 Å². The standard InChI is InChI=1S/C9H14ClFN2/c1-4-6(2)8-9(10)12-5-7(11)13(8)3/h5-7H,4H2,1-3H3. The molecule has 0 saturated heterocycles. The van der Waals surface area contributed by atoms with Crippen LogP contribution in [0.1, 0.15) is 20.3 Å². The number of alkyl halides is 1. The summed E-state index contributed by atoms with van der Waals surface area (Å²) in [4.78, 5) is 5.35. The summed E-state index contributed by atoms with van der Waals surface area (Å²) in [6, 6.07) is 0. The zero-order valence-electron chi connectivity index (χ0n) is 8.09. The van der Waals surface area contributed by atoms with Crippen molar-refractivity contribution in [3.05, 3.63) is 10.9 Å². The van der Waals surface area contributed by atoms with Gasteiger partial charge >= 0.3 is 0 Å². The van der Waals surface area contributed by atoms with E-state index in [1.54, 1.807) is 7.05 Å². The smallest absolute Gasteiger partial charge is 0.208 e. The maximum atomic E-state index is 13.2. The van der Waals surface area contributed by atoms with Crippen molar-refractivity contribution < 1.29 is 4.39 Å². The van der Waals surface area contributed by atoms with Crippen molar-refractivity contribution in [2.45, 2.75) is 26.6 Å². The molecule has 13 heavy (non-hydrogen) atoms. The monoisotopic (exact) mass is 204 g/mol. The van der Waals surface area contributed by atoms with Crippen LogP contribution < -0.4 is 0 Å². The first-order valence-corrected chi connectivity index (χ1v) is 4.76. The Morgan fingerprint density at radius 1 is 1.77 bits per heavy atom. The SMILES string of the molecule is CCC(C)C1=C(Cl)N=CC(F)N1C. The Kier molecular flexibility index (Phi) is 3.31. The van der Waals surface area contributed by atoms with Gasteiger partial charge in [0.15, 0.2) is 0 Å². The van der Waals surface area contributed by atoms with Crippen LogP contribution in [0.2, 0.25) is 0 Å². The molecule has 2 atom stereocenters. The summed E-state index contributed by atoms with van der Waals surface area (Å²) in [7, 11) is 1.69. The lowest BCUT2D eigenvalue weighted by Crippen LogP contribution is -2.34. The van der Waals surface area contributed by atoms with Gasteiger partial charge in [-0.05, 0) is 12.3 Å². The molecule has 1 aliphatic rings. The van der Waals surface area contributed by atoms with Crippen molar-refractivity contribution in [2.24, 2.45) is 10.9 Å². The molecule has 0 amide bonds. The van der Waals surface area contributed by atoms with Gasteiger partial charge in [-0.15, -0.1) is 0 Å². The van der Waals surface area contributed by atoms with Crippen molar-refractivity contribution in [3.8, 4) is 0 Å². The zero-order chi connectivity index (χ0) is 10.0. The van der Waals surface area contributed by atoms with Crippen LogP contribution in [0.4, 0.5) is 4.39 Å². The molecule has 0 aromatic rings. The van der Waals surface area contributed by atoms with E-state index in [2.05, 4.69) is 4.99 Å². The third-order valence-electron chi connectivity index (χ3n) is 2.35. The molecule has 4 heteroatoms. The van der Waals surface area contributed by atoms with E-state index < -0.39 is 6.30 Å². The summed E-state index contributed by atoms with van der Waals surface area (Å²) in [6.07, 6.45) is 0.998. The van der Waals surface area contributed by atoms with Crippen LogP contribution in [-0.2, 0) is 0 Å². The first kappa shape index (κ1) is 10.5. The number of hydrogen-bond acceptors (Lipinski definition) is 2. The van der Waals surface area contributed by atoms with Crippen LogP contribution >= 0.6 is 11.6 Å². The third-order valence-corrected chi connectivity index (χ3v) is 2.64. The van der Waals surface area contributed by atoms with E-state index in [1.165, 1.54) is 11.1 Å². The Balaban J connectivity index is 2.95. The molecular formula is C9H14ClFN2. The summed E-state index contributed by atoms with van der Waals surface area (Å²) in [5.41, 5.74) is 0.791. The average Bonchev–Trinajstić information content (AvgIpc) is 2.12. The maximum Gasteiger partial charge on any atom is 0.208 e. The molecule has 74 valence electrons. The second kappa shape index (κ2) is 4.09. The minimum atomic E-state index is -1.15. The van der Waals surface area contributed by atoms with Gasteiger partial charge in [0.25, 0.3) is 0 Å². The fourth-order valence-electron chi connectivity index (χ4n) is 1.32. The number of halogens is 2. The lowest BCUT2D eigenvalue weighted by molar-refractivity contribution is 0.194. The van der Waals surface area contributed by atoms with Gasteiger partial charge in [-0.1, -0.05) is 25.4 Å². The van der Waals surface area contributed by atoms with Gasteiger partial charge in [0.1, 0.15) is 5.16 Å². The number of aliphatic imine (C=N–C) groups is 1. The van der Waals surface area contributed by atoms with Crippen LogP contribution in [0.3, 0.4) is 0 Å². The first-order chi connectivity index (χ1) is 6.07. The molecule has 0 radical (unpaired) electrons. The van der Waals surface area contributed by atoms with Gasteiger partial charge in [0, 0.05) is 7.05 Å². The van der Waals surface area contributed by atoms with E-state index in [-0.39, 0.29) is 5.92 Å². The second-order valence-corrected chi connectivity index (χ2v) is 3.61.